The maximum absolute atomic E-state index is 13.1. The van der Waals surface area contributed by atoms with Gasteiger partial charge in [-0.25, -0.2) is 9.59 Å². The first-order valence-electron chi connectivity index (χ1n) is 11.6. The smallest absolute Gasteiger partial charge is 0.344 e. The highest BCUT2D eigenvalue weighted by atomic mass is 31.2. The lowest BCUT2D eigenvalue weighted by Crippen LogP contribution is -2.62. The largest absolute Gasteiger partial charge is 0.464 e. The number of esters is 2. The predicted molar refractivity (Wildman–Crippen MR) is 129 cm³/mol. The lowest BCUT2D eigenvalue weighted by molar-refractivity contribution is -0.168. The summed E-state index contributed by atoms with van der Waals surface area (Å²) >= 11 is 0. The number of rotatable bonds is 14. The second-order valence-electron chi connectivity index (χ2n) is 7.84. The van der Waals surface area contributed by atoms with E-state index in [-0.39, 0.29) is 39.0 Å². The summed E-state index contributed by atoms with van der Waals surface area (Å²) in [5.74, 6) is -2.38. The quantitative estimate of drug-likeness (QED) is 0.234. The monoisotopic (exact) mass is 499 g/mol. The summed E-state index contributed by atoms with van der Waals surface area (Å²) in [7, 11) is -3.32. The lowest BCUT2D eigenvalue weighted by Gasteiger charge is -2.31. The van der Waals surface area contributed by atoms with Gasteiger partial charge in [0, 0.05) is 13.3 Å². The minimum absolute atomic E-state index is 0.0190. The molecule has 0 saturated heterocycles. The molecule has 9 nitrogen and oxygen atoms in total. The average molecular weight is 500 g/mol. The summed E-state index contributed by atoms with van der Waals surface area (Å²) in [6.07, 6.45) is 0.258. The molecule has 0 aromatic heterocycles. The zero-order chi connectivity index (χ0) is 25.9. The van der Waals surface area contributed by atoms with Gasteiger partial charge in [-0.05, 0) is 64.7 Å². The Morgan fingerprint density at radius 1 is 0.912 bits per heavy atom. The molecular weight excluding hydrogens is 461 g/mol. The number of hydrogen-bond donors (Lipinski definition) is 1. The zero-order valence-electron chi connectivity index (χ0n) is 21.3. The summed E-state index contributed by atoms with van der Waals surface area (Å²) in [5, 5.41) is 2.50. The number of ether oxygens (including phenoxy) is 2. The van der Waals surface area contributed by atoms with Crippen LogP contribution >= 0.6 is 7.60 Å². The van der Waals surface area contributed by atoms with Crippen LogP contribution in [0.5, 0.6) is 0 Å². The first-order chi connectivity index (χ1) is 16.0. The van der Waals surface area contributed by atoms with Gasteiger partial charge >= 0.3 is 19.5 Å². The standard InChI is InChI=1S/C24H38NO8P/c1-8-30-22(27)24(25-19(7)26,23(28)31-9-2)16-20-15-17(5)14-18(6)21(20)12-13-34(29,32-10-3)33-11-4/h14-15H,8-13,16H2,1-7H3,(H,25,26). The van der Waals surface area contributed by atoms with E-state index < -0.39 is 31.0 Å². The summed E-state index contributed by atoms with van der Waals surface area (Å²) in [5.41, 5.74) is 1.15. The van der Waals surface area contributed by atoms with Crippen LogP contribution in [0.2, 0.25) is 0 Å². The van der Waals surface area contributed by atoms with Gasteiger partial charge in [0.2, 0.25) is 11.4 Å². The van der Waals surface area contributed by atoms with E-state index in [0.29, 0.717) is 12.0 Å². The highest BCUT2D eigenvalue weighted by molar-refractivity contribution is 7.53. The average Bonchev–Trinajstić information content (AvgIpc) is 2.72. The topological polar surface area (TPSA) is 117 Å². The minimum Gasteiger partial charge on any atom is -0.464 e. The normalized spacial score (nSPS) is 11.7. The molecule has 0 fully saturated rings. The first-order valence-corrected chi connectivity index (χ1v) is 13.3. The van der Waals surface area contributed by atoms with E-state index in [2.05, 4.69) is 5.32 Å². The Morgan fingerprint density at radius 2 is 1.44 bits per heavy atom. The summed E-state index contributed by atoms with van der Waals surface area (Å²) in [6.45, 7) is 12.2. The molecule has 10 heteroatoms. The van der Waals surface area contributed by atoms with Crippen molar-refractivity contribution in [3.63, 3.8) is 0 Å². The van der Waals surface area contributed by atoms with Crippen LogP contribution in [0.25, 0.3) is 0 Å². The molecule has 0 radical (unpaired) electrons. The number of aryl methyl sites for hydroxylation is 2. The fourth-order valence-corrected chi connectivity index (χ4v) is 5.50. The molecule has 1 amide bonds. The van der Waals surface area contributed by atoms with Crippen LogP contribution in [-0.4, -0.2) is 56.0 Å². The van der Waals surface area contributed by atoms with E-state index in [9.17, 15) is 18.9 Å². The van der Waals surface area contributed by atoms with Gasteiger partial charge in [0.25, 0.3) is 0 Å². The number of amides is 1. The van der Waals surface area contributed by atoms with Crippen LogP contribution in [0.15, 0.2) is 12.1 Å². The van der Waals surface area contributed by atoms with Gasteiger partial charge in [-0.15, -0.1) is 0 Å². The van der Waals surface area contributed by atoms with Crippen molar-refractivity contribution in [1.82, 2.24) is 5.32 Å². The summed E-state index contributed by atoms with van der Waals surface area (Å²) in [4.78, 5) is 38.2. The van der Waals surface area contributed by atoms with Gasteiger partial charge in [-0.2, -0.15) is 0 Å². The van der Waals surface area contributed by atoms with Crippen molar-refractivity contribution < 1.29 is 37.5 Å². The fourth-order valence-electron chi connectivity index (χ4n) is 3.88. The van der Waals surface area contributed by atoms with Crippen molar-refractivity contribution >= 4 is 25.4 Å². The SMILES string of the molecule is CCOC(=O)C(Cc1cc(C)cc(C)c1CCP(=O)(OCC)OCC)(NC(C)=O)C(=O)OCC. The molecule has 1 aromatic carbocycles. The van der Waals surface area contributed by atoms with Crippen LogP contribution in [0, 0.1) is 13.8 Å². The van der Waals surface area contributed by atoms with E-state index in [0.717, 1.165) is 16.7 Å². The molecule has 0 atom stereocenters. The van der Waals surface area contributed by atoms with E-state index >= 15 is 0 Å². The van der Waals surface area contributed by atoms with Gasteiger partial charge < -0.3 is 23.8 Å². The number of benzene rings is 1. The Labute approximate surface area is 202 Å². The van der Waals surface area contributed by atoms with E-state index in [1.54, 1.807) is 27.7 Å². The van der Waals surface area contributed by atoms with Gasteiger partial charge in [0.05, 0.1) is 32.6 Å². The Kier molecular flexibility index (Phi) is 11.9. The third kappa shape index (κ3) is 7.93. The van der Waals surface area contributed by atoms with Crippen LogP contribution in [-0.2, 0) is 50.3 Å². The van der Waals surface area contributed by atoms with Gasteiger partial charge in [-0.3, -0.25) is 9.36 Å². The maximum Gasteiger partial charge on any atom is 0.344 e. The van der Waals surface area contributed by atoms with Crippen LogP contribution < -0.4 is 5.32 Å². The predicted octanol–water partition coefficient (Wildman–Crippen LogP) is 3.66. The van der Waals surface area contributed by atoms with Crippen LogP contribution in [0.4, 0.5) is 0 Å². The number of hydrogen-bond acceptors (Lipinski definition) is 8. The van der Waals surface area contributed by atoms with Crippen molar-refractivity contribution in [3.8, 4) is 0 Å². The maximum atomic E-state index is 13.1. The van der Waals surface area contributed by atoms with Crippen LogP contribution in [0.1, 0.15) is 56.9 Å². The Bertz CT molecular complexity index is 886. The molecule has 0 aliphatic rings. The highest BCUT2D eigenvalue weighted by Gasteiger charge is 2.50. The summed E-state index contributed by atoms with van der Waals surface area (Å²) in [6, 6.07) is 3.80. The highest BCUT2D eigenvalue weighted by Crippen LogP contribution is 2.48. The second kappa shape index (κ2) is 13.6. The van der Waals surface area contributed by atoms with E-state index in [1.165, 1.54) is 6.92 Å². The molecule has 34 heavy (non-hydrogen) atoms. The molecule has 0 spiro atoms. The van der Waals surface area contributed by atoms with Crippen molar-refractivity contribution in [2.24, 2.45) is 0 Å². The molecule has 1 aromatic rings. The molecule has 0 saturated carbocycles. The van der Waals surface area contributed by atoms with Gasteiger partial charge in [0.15, 0.2) is 0 Å². The fraction of sp³-hybridized carbons (Fsp3) is 0.625. The van der Waals surface area contributed by atoms with Crippen molar-refractivity contribution in [2.45, 2.75) is 66.8 Å². The zero-order valence-corrected chi connectivity index (χ0v) is 22.2. The van der Waals surface area contributed by atoms with Crippen molar-refractivity contribution in [1.29, 1.82) is 0 Å². The first kappa shape index (κ1) is 29.8. The molecule has 0 unspecified atom stereocenters. The molecule has 0 aliphatic heterocycles. The Morgan fingerprint density at radius 3 is 1.88 bits per heavy atom. The molecular formula is C24H38NO8P. The third-order valence-corrected chi connectivity index (χ3v) is 7.16. The van der Waals surface area contributed by atoms with E-state index in [4.69, 9.17) is 18.5 Å². The lowest BCUT2D eigenvalue weighted by atomic mass is 9.85. The van der Waals surface area contributed by atoms with Crippen molar-refractivity contribution in [2.75, 3.05) is 32.6 Å². The molecule has 0 aliphatic carbocycles. The molecule has 192 valence electrons. The third-order valence-electron chi connectivity index (χ3n) is 5.09. The number of carbonyl (C=O) groups excluding carboxylic acids is 3. The molecule has 0 heterocycles. The van der Waals surface area contributed by atoms with Gasteiger partial charge in [0.1, 0.15) is 0 Å². The Hall–Kier alpha value is -2.22. The molecule has 0 bridgehead atoms. The number of carbonyl (C=O) groups is 3. The van der Waals surface area contributed by atoms with Crippen LogP contribution in [0.3, 0.4) is 0 Å². The second-order valence-corrected chi connectivity index (χ2v) is 10.0. The summed E-state index contributed by atoms with van der Waals surface area (Å²) < 4.78 is 34.3. The number of nitrogens with one attached hydrogen (secondary N) is 1. The Balaban J connectivity index is 3.57. The molecule has 1 rings (SSSR count). The van der Waals surface area contributed by atoms with Gasteiger partial charge in [-0.1, -0.05) is 17.7 Å². The van der Waals surface area contributed by atoms with Crippen molar-refractivity contribution in [3.05, 3.63) is 34.4 Å². The van der Waals surface area contributed by atoms with E-state index in [1.807, 2.05) is 26.0 Å². The molecule has 1 N–H and O–H groups in total. The minimum atomic E-state index is -3.32.